The standard InChI is InChI=1S/C24H30N4O5/c1-15-19(16(2)26(3)25-15)22(29)20-21(17-5-7-18(32-4)8-6-17)28(24(31)23(20)30)10-9-27-11-13-33-14-12-27/h5-8,21,29H,9-14H2,1-4H3/t21-/m0/s1. The molecule has 1 N–H and O–H groups in total. The Morgan fingerprint density at radius 3 is 2.39 bits per heavy atom. The number of amides is 1. The molecule has 3 heterocycles. The van der Waals surface area contributed by atoms with Crippen molar-refractivity contribution in [3.63, 3.8) is 0 Å². The van der Waals surface area contributed by atoms with Crippen molar-refractivity contribution in [2.24, 2.45) is 7.05 Å². The average Bonchev–Trinajstić information content (AvgIpc) is 3.23. The lowest BCUT2D eigenvalue weighted by Gasteiger charge is -2.31. The molecule has 9 heteroatoms. The fourth-order valence-electron chi connectivity index (χ4n) is 4.57. The van der Waals surface area contributed by atoms with Crippen molar-refractivity contribution < 1.29 is 24.2 Å². The van der Waals surface area contributed by atoms with Crippen LogP contribution in [0.25, 0.3) is 5.76 Å². The Hall–Kier alpha value is -3.17. The first kappa shape index (κ1) is 23.0. The van der Waals surface area contributed by atoms with Gasteiger partial charge in [0.15, 0.2) is 0 Å². The molecule has 2 aliphatic heterocycles. The highest BCUT2D eigenvalue weighted by Gasteiger charge is 2.46. The number of aromatic nitrogens is 2. The number of aliphatic hydroxyl groups is 1. The number of hydrogen-bond donors (Lipinski definition) is 1. The maximum absolute atomic E-state index is 13.2. The molecule has 2 fully saturated rings. The molecule has 2 aromatic rings. The van der Waals surface area contributed by atoms with Crippen LogP contribution in [0.15, 0.2) is 29.8 Å². The number of nitrogens with zero attached hydrogens (tertiary/aromatic N) is 4. The molecule has 0 bridgehead atoms. The van der Waals surface area contributed by atoms with E-state index in [1.54, 1.807) is 42.8 Å². The number of methoxy groups -OCH3 is 1. The van der Waals surface area contributed by atoms with E-state index in [1.807, 2.05) is 19.1 Å². The first-order valence-corrected chi connectivity index (χ1v) is 11.1. The number of morpholine rings is 1. The third kappa shape index (κ3) is 4.26. The summed E-state index contributed by atoms with van der Waals surface area (Å²) in [5.74, 6) is -0.808. The molecule has 33 heavy (non-hydrogen) atoms. The van der Waals surface area contributed by atoms with Gasteiger partial charge in [-0.3, -0.25) is 19.2 Å². The van der Waals surface area contributed by atoms with Gasteiger partial charge in [-0.05, 0) is 31.5 Å². The lowest BCUT2D eigenvalue weighted by molar-refractivity contribution is -0.140. The second-order valence-electron chi connectivity index (χ2n) is 8.39. The summed E-state index contributed by atoms with van der Waals surface area (Å²) in [5, 5.41) is 15.7. The van der Waals surface area contributed by atoms with E-state index < -0.39 is 17.7 Å². The van der Waals surface area contributed by atoms with Gasteiger partial charge in [0.25, 0.3) is 11.7 Å². The third-order valence-corrected chi connectivity index (χ3v) is 6.48. The zero-order valence-corrected chi connectivity index (χ0v) is 19.5. The Bertz CT molecular complexity index is 1080. The smallest absolute Gasteiger partial charge is 0.295 e. The van der Waals surface area contributed by atoms with E-state index in [1.165, 1.54) is 0 Å². The van der Waals surface area contributed by atoms with Crippen molar-refractivity contribution in [2.75, 3.05) is 46.5 Å². The number of aliphatic hydroxyl groups excluding tert-OH is 1. The van der Waals surface area contributed by atoms with Crippen LogP contribution in [0.2, 0.25) is 0 Å². The largest absolute Gasteiger partial charge is 0.507 e. The molecule has 1 aromatic heterocycles. The van der Waals surface area contributed by atoms with Crippen molar-refractivity contribution in [1.82, 2.24) is 19.6 Å². The van der Waals surface area contributed by atoms with E-state index in [2.05, 4.69) is 10.00 Å². The number of ketones is 1. The normalized spacial score (nSPS) is 21.1. The van der Waals surface area contributed by atoms with Gasteiger partial charge in [0.2, 0.25) is 0 Å². The van der Waals surface area contributed by atoms with Gasteiger partial charge in [0.05, 0.1) is 43.2 Å². The summed E-state index contributed by atoms with van der Waals surface area (Å²) in [6.07, 6.45) is 0. The molecule has 4 rings (SSSR count). The van der Waals surface area contributed by atoms with Gasteiger partial charge in [0, 0.05) is 38.9 Å². The van der Waals surface area contributed by atoms with Crippen LogP contribution in [-0.4, -0.2) is 82.9 Å². The number of carbonyl (C=O) groups excluding carboxylic acids is 2. The number of aryl methyl sites for hydroxylation is 2. The first-order chi connectivity index (χ1) is 15.8. The number of carbonyl (C=O) groups is 2. The van der Waals surface area contributed by atoms with Gasteiger partial charge >= 0.3 is 0 Å². The topological polar surface area (TPSA) is 97.1 Å². The van der Waals surface area contributed by atoms with Crippen LogP contribution >= 0.6 is 0 Å². The molecule has 176 valence electrons. The minimum absolute atomic E-state index is 0.0892. The summed E-state index contributed by atoms with van der Waals surface area (Å²) in [4.78, 5) is 30.1. The van der Waals surface area contributed by atoms with E-state index in [0.717, 1.165) is 24.3 Å². The zero-order chi connectivity index (χ0) is 23.7. The van der Waals surface area contributed by atoms with Crippen molar-refractivity contribution in [3.05, 3.63) is 52.4 Å². The molecule has 1 atom stereocenters. The minimum Gasteiger partial charge on any atom is -0.507 e. The number of benzene rings is 1. The Morgan fingerprint density at radius 2 is 1.82 bits per heavy atom. The first-order valence-electron chi connectivity index (χ1n) is 11.1. The number of Topliss-reactive ketones (excluding diaryl/α,β-unsaturated/α-hetero) is 1. The van der Waals surface area contributed by atoms with Crippen molar-refractivity contribution in [2.45, 2.75) is 19.9 Å². The maximum atomic E-state index is 13.2. The van der Waals surface area contributed by atoms with Crippen LogP contribution in [-0.2, 0) is 21.4 Å². The number of hydrogen-bond acceptors (Lipinski definition) is 7. The van der Waals surface area contributed by atoms with Crippen molar-refractivity contribution >= 4 is 17.4 Å². The molecular weight excluding hydrogens is 424 g/mol. The summed E-state index contributed by atoms with van der Waals surface area (Å²) in [6, 6.07) is 6.53. The van der Waals surface area contributed by atoms with Gasteiger partial charge in [-0.25, -0.2) is 0 Å². The molecule has 1 aromatic carbocycles. The predicted octanol–water partition coefficient (Wildman–Crippen LogP) is 1.80. The molecule has 2 saturated heterocycles. The highest BCUT2D eigenvalue weighted by molar-refractivity contribution is 6.46. The molecule has 0 unspecified atom stereocenters. The lowest BCUT2D eigenvalue weighted by Crippen LogP contribution is -2.42. The highest BCUT2D eigenvalue weighted by Crippen LogP contribution is 2.40. The van der Waals surface area contributed by atoms with Gasteiger partial charge in [0.1, 0.15) is 11.5 Å². The van der Waals surface area contributed by atoms with Crippen molar-refractivity contribution in [1.29, 1.82) is 0 Å². The molecule has 0 saturated carbocycles. The van der Waals surface area contributed by atoms with Gasteiger partial charge in [-0.1, -0.05) is 12.1 Å². The monoisotopic (exact) mass is 454 g/mol. The summed E-state index contributed by atoms with van der Waals surface area (Å²) in [7, 11) is 3.36. The highest BCUT2D eigenvalue weighted by atomic mass is 16.5. The second kappa shape index (κ2) is 9.36. The van der Waals surface area contributed by atoms with Crippen LogP contribution in [0, 0.1) is 13.8 Å². The Morgan fingerprint density at radius 1 is 1.15 bits per heavy atom. The van der Waals surface area contributed by atoms with E-state index in [0.29, 0.717) is 43.3 Å². The number of likely N-dealkylation sites (tertiary alicyclic amines) is 1. The Kier molecular flexibility index (Phi) is 6.53. The van der Waals surface area contributed by atoms with Crippen LogP contribution in [0.1, 0.15) is 28.6 Å². The van der Waals surface area contributed by atoms with Gasteiger partial charge < -0.3 is 19.5 Å². The maximum Gasteiger partial charge on any atom is 0.295 e. The quantitative estimate of drug-likeness (QED) is 0.404. The van der Waals surface area contributed by atoms with Crippen LogP contribution < -0.4 is 4.74 Å². The fraction of sp³-hybridized carbons (Fsp3) is 0.458. The summed E-state index contributed by atoms with van der Waals surface area (Å²) in [6.45, 7) is 7.46. The summed E-state index contributed by atoms with van der Waals surface area (Å²) >= 11 is 0. The summed E-state index contributed by atoms with van der Waals surface area (Å²) in [5.41, 5.74) is 2.63. The Labute approximate surface area is 193 Å². The van der Waals surface area contributed by atoms with Crippen LogP contribution in [0.3, 0.4) is 0 Å². The minimum atomic E-state index is -0.698. The van der Waals surface area contributed by atoms with E-state index in [-0.39, 0.29) is 11.3 Å². The van der Waals surface area contributed by atoms with Crippen molar-refractivity contribution in [3.8, 4) is 5.75 Å². The lowest BCUT2D eigenvalue weighted by atomic mass is 9.94. The van der Waals surface area contributed by atoms with Crippen LogP contribution in [0.4, 0.5) is 0 Å². The molecule has 1 amide bonds. The molecule has 0 aliphatic carbocycles. The fourth-order valence-corrected chi connectivity index (χ4v) is 4.57. The summed E-state index contributed by atoms with van der Waals surface area (Å²) < 4.78 is 12.3. The molecule has 2 aliphatic rings. The second-order valence-corrected chi connectivity index (χ2v) is 8.39. The number of ether oxygens (including phenoxy) is 2. The number of rotatable bonds is 6. The van der Waals surface area contributed by atoms with Gasteiger partial charge in [-0.15, -0.1) is 0 Å². The Balaban J connectivity index is 1.77. The van der Waals surface area contributed by atoms with Crippen LogP contribution in [0.5, 0.6) is 5.75 Å². The average molecular weight is 455 g/mol. The molecule has 0 spiro atoms. The zero-order valence-electron chi connectivity index (χ0n) is 19.5. The van der Waals surface area contributed by atoms with Gasteiger partial charge in [-0.2, -0.15) is 5.10 Å². The molecule has 0 radical (unpaired) electrons. The van der Waals surface area contributed by atoms with E-state index in [4.69, 9.17) is 9.47 Å². The van der Waals surface area contributed by atoms with E-state index in [9.17, 15) is 14.7 Å². The van der Waals surface area contributed by atoms with E-state index >= 15 is 0 Å². The SMILES string of the molecule is COc1ccc([C@H]2C(=C(O)c3c(C)nn(C)c3C)C(=O)C(=O)N2CCN2CCOCC2)cc1. The molecule has 9 nitrogen and oxygen atoms in total. The predicted molar refractivity (Wildman–Crippen MR) is 122 cm³/mol. The molecular formula is C24H30N4O5. The third-order valence-electron chi connectivity index (χ3n) is 6.48.